The van der Waals surface area contributed by atoms with Crippen LogP contribution in [0.4, 0.5) is 18.9 Å². The van der Waals surface area contributed by atoms with Gasteiger partial charge in [-0.3, -0.25) is 15.0 Å². The van der Waals surface area contributed by atoms with Crippen LogP contribution < -0.4 is 21.3 Å². The number of hydrogen-bond acceptors (Lipinski definition) is 7. The Bertz CT molecular complexity index is 1280. The number of anilines is 1. The van der Waals surface area contributed by atoms with Crippen molar-refractivity contribution in [3.05, 3.63) is 65.4 Å². The number of pyridine rings is 1. The van der Waals surface area contributed by atoms with Crippen molar-refractivity contribution >= 4 is 22.5 Å². The van der Waals surface area contributed by atoms with E-state index in [9.17, 15) is 18.8 Å². The lowest BCUT2D eigenvalue weighted by molar-refractivity contribution is -0.143. The average molecular weight is 546 g/mol. The predicted molar refractivity (Wildman–Crippen MR) is 142 cm³/mol. The van der Waals surface area contributed by atoms with Gasteiger partial charge >= 0.3 is 0 Å². The van der Waals surface area contributed by atoms with E-state index in [2.05, 4.69) is 15.2 Å². The fourth-order valence-electron chi connectivity index (χ4n) is 5.37. The largest absolute Gasteiger partial charge is 0.497 e. The van der Waals surface area contributed by atoms with Crippen LogP contribution in [-0.2, 0) is 11.3 Å². The quantitative estimate of drug-likeness (QED) is 0.208. The summed E-state index contributed by atoms with van der Waals surface area (Å²) in [5.41, 5.74) is 8.77. The van der Waals surface area contributed by atoms with Crippen molar-refractivity contribution in [1.82, 2.24) is 15.4 Å². The third-order valence-corrected chi connectivity index (χ3v) is 7.62. The number of carbonyl (C=O) groups is 1. The van der Waals surface area contributed by atoms with Gasteiger partial charge in [-0.2, -0.15) is 0 Å². The lowest BCUT2D eigenvalue weighted by atomic mass is 9.73. The van der Waals surface area contributed by atoms with Crippen LogP contribution in [0.5, 0.6) is 5.75 Å². The average Bonchev–Trinajstić information content (AvgIpc) is 2.94. The Morgan fingerprint density at radius 3 is 2.56 bits per heavy atom. The van der Waals surface area contributed by atoms with Crippen LogP contribution in [-0.4, -0.2) is 54.3 Å². The first kappa shape index (κ1) is 28.6. The van der Waals surface area contributed by atoms with Crippen LogP contribution in [0.1, 0.15) is 43.0 Å². The Labute approximate surface area is 225 Å². The molecule has 0 bridgehead atoms. The number of alkyl halides is 1. The molecule has 1 aliphatic rings. The van der Waals surface area contributed by atoms with Crippen molar-refractivity contribution in [2.45, 2.75) is 38.4 Å². The number of carbonyl (C=O) groups excluding carboxylic acids is 1. The van der Waals surface area contributed by atoms with Crippen molar-refractivity contribution in [1.29, 1.82) is 0 Å². The van der Waals surface area contributed by atoms with E-state index in [0.29, 0.717) is 72.5 Å². The standard InChI is InChI=1S/C28H34F3N5O3/c1-39-22-2-3-25-23(15-22)26(18(16-32)17-34-25)24(31)4-5-28(27(37)35-38)6-9-36(10-7-28)11-8-33-21-13-19(29)12-20(30)14-21/h2-3,12-15,17,24,33,38H,4-11,16,32H2,1H3,(H,35,37)/t24-/m1/s1. The molecule has 2 aromatic carbocycles. The zero-order valence-corrected chi connectivity index (χ0v) is 21.9. The number of piperidine rings is 1. The summed E-state index contributed by atoms with van der Waals surface area (Å²) >= 11 is 0. The molecule has 2 heterocycles. The first-order valence-corrected chi connectivity index (χ1v) is 12.9. The fraction of sp³-hybridized carbons (Fsp3) is 0.429. The Balaban J connectivity index is 1.41. The van der Waals surface area contributed by atoms with Gasteiger partial charge in [0.1, 0.15) is 23.6 Å². The summed E-state index contributed by atoms with van der Waals surface area (Å²) in [6, 6.07) is 8.52. The number of rotatable bonds is 11. The van der Waals surface area contributed by atoms with Gasteiger partial charge in [0, 0.05) is 48.5 Å². The summed E-state index contributed by atoms with van der Waals surface area (Å²) in [5.74, 6) is -1.26. The van der Waals surface area contributed by atoms with E-state index in [1.807, 2.05) is 0 Å². The summed E-state index contributed by atoms with van der Waals surface area (Å²) < 4.78 is 48.0. The van der Waals surface area contributed by atoms with E-state index in [4.69, 9.17) is 10.5 Å². The number of fused-ring (bicyclic) bond motifs is 1. The van der Waals surface area contributed by atoms with Gasteiger partial charge < -0.3 is 20.7 Å². The molecule has 4 rings (SSSR count). The third-order valence-electron chi connectivity index (χ3n) is 7.62. The Kier molecular flexibility index (Phi) is 9.26. The van der Waals surface area contributed by atoms with Gasteiger partial charge in [-0.25, -0.2) is 18.7 Å². The molecule has 1 amide bonds. The molecular weight excluding hydrogens is 511 g/mol. The zero-order valence-electron chi connectivity index (χ0n) is 21.9. The number of nitrogens with zero attached hydrogens (tertiary/aromatic N) is 2. The Morgan fingerprint density at radius 1 is 1.21 bits per heavy atom. The molecule has 3 aromatic rings. The minimum Gasteiger partial charge on any atom is -0.497 e. The van der Waals surface area contributed by atoms with Gasteiger partial charge in [0.25, 0.3) is 0 Å². The number of nitrogens with two attached hydrogens (primary N) is 1. The minimum atomic E-state index is -1.40. The van der Waals surface area contributed by atoms with Gasteiger partial charge in [-0.1, -0.05) is 0 Å². The van der Waals surface area contributed by atoms with E-state index in [-0.39, 0.29) is 19.4 Å². The third kappa shape index (κ3) is 6.60. The summed E-state index contributed by atoms with van der Waals surface area (Å²) in [5, 5.41) is 13.1. The second kappa shape index (κ2) is 12.6. The Hall–Kier alpha value is -3.41. The SMILES string of the molecule is COc1ccc2ncc(CN)c([C@H](F)CCC3(C(=O)NO)CCN(CCNc4cc(F)cc(F)c4)CC3)c2c1. The number of hydrogen-bond donors (Lipinski definition) is 4. The molecule has 0 radical (unpaired) electrons. The normalized spacial score (nSPS) is 16.2. The van der Waals surface area contributed by atoms with Crippen molar-refractivity contribution in [3.63, 3.8) is 0 Å². The number of methoxy groups -OCH3 is 1. The topological polar surface area (TPSA) is 113 Å². The highest BCUT2D eigenvalue weighted by Crippen LogP contribution is 2.41. The second-order valence-corrected chi connectivity index (χ2v) is 9.94. The molecule has 8 nitrogen and oxygen atoms in total. The molecule has 1 fully saturated rings. The smallest absolute Gasteiger partial charge is 0.249 e. The maximum atomic E-state index is 15.9. The summed E-state index contributed by atoms with van der Waals surface area (Å²) in [7, 11) is 1.54. The molecule has 0 aliphatic carbocycles. The van der Waals surface area contributed by atoms with Crippen LogP contribution >= 0.6 is 0 Å². The maximum Gasteiger partial charge on any atom is 0.249 e. The molecule has 0 saturated carbocycles. The first-order valence-electron chi connectivity index (χ1n) is 12.9. The van der Waals surface area contributed by atoms with Crippen LogP contribution in [0.15, 0.2) is 42.6 Å². The number of aromatic nitrogens is 1. The monoisotopic (exact) mass is 545 g/mol. The van der Waals surface area contributed by atoms with Crippen LogP contribution in [0, 0.1) is 17.0 Å². The number of nitrogens with one attached hydrogen (secondary N) is 2. The van der Waals surface area contributed by atoms with Crippen molar-refractivity contribution in [2.24, 2.45) is 11.1 Å². The molecule has 0 unspecified atom stereocenters. The molecule has 5 N–H and O–H groups in total. The van der Waals surface area contributed by atoms with Crippen LogP contribution in [0.3, 0.4) is 0 Å². The molecule has 1 atom stereocenters. The lowest BCUT2D eigenvalue weighted by Gasteiger charge is -2.40. The lowest BCUT2D eigenvalue weighted by Crippen LogP contribution is -2.49. The fourth-order valence-corrected chi connectivity index (χ4v) is 5.37. The van der Waals surface area contributed by atoms with E-state index < -0.39 is 29.1 Å². The van der Waals surface area contributed by atoms with Crippen LogP contribution in [0.2, 0.25) is 0 Å². The van der Waals surface area contributed by atoms with Gasteiger partial charge in [0.2, 0.25) is 5.91 Å². The summed E-state index contributed by atoms with van der Waals surface area (Å²) in [4.78, 5) is 19.3. The van der Waals surface area contributed by atoms with E-state index >= 15 is 4.39 Å². The highest BCUT2D eigenvalue weighted by Gasteiger charge is 2.41. The van der Waals surface area contributed by atoms with Gasteiger partial charge in [0.15, 0.2) is 0 Å². The molecular formula is C28H34F3N5O3. The van der Waals surface area contributed by atoms with Gasteiger partial charge in [0.05, 0.1) is 18.0 Å². The number of halogens is 3. The minimum absolute atomic E-state index is 0.0590. The van der Waals surface area contributed by atoms with E-state index in [1.165, 1.54) is 19.2 Å². The predicted octanol–water partition coefficient (Wildman–Crippen LogP) is 4.47. The molecule has 39 heavy (non-hydrogen) atoms. The highest BCUT2D eigenvalue weighted by atomic mass is 19.1. The molecule has 11 heteroatoms. The highest BCUT2D eigenvalue weighted by molar-refractivity contribution is 5.85. The molecule has 0 spiro atoms. The van der Waals surface area contributed by atoms with E-state index in [0.717, 1.165) is 6.07 Å². The van der Waals surface area contributed by atoms with Crippen LogP contribution in [0.25, 0.3) is 10.9 Å². The molecule has 210 valence electrons. The van der Waals surface area contributed by atoms with Gasteiger partial charge in [-0.15, -0.1) is 0 Å². The number of amides is 1. The second-order valence-electron chi connectivity index (χ2n) is 9.94. The maximum absolute atomic E-state index is 15.9. The zero-order chi connectivity index (χ0) is 28.0. The number of ether oxygens (including phenoxy) is 1. The number of hydroxylamine groups is 1. The van der Waals surface area contributed by atoms with Gasteiger partial charge in [-0.05, 0) is 74.7 Å². The number of likely N-dealkylation sites (tertiary alicyclic amines) is 1. The summed E-state index contributed by atoms with van der Waals surface area (Å²) in [6.45, 7) is 2.25. The van der Waals surface area contributed by atoms with Crippen molar-refractivity contribution in [2.75, 3.05) is 38.6 Å². The Morgan fingerprint density at radius 2 is 1.92 bits per heavy atom. The molecule has 1 aliphatic heterocycles. The number of benzene rings is 2. The first-order chi connectivity index (χ1) is 18.8. The summed E-state index contributed by atoms with van der Waals surface area (Å²) in [6.07, 6.45) is 1.32. The van der Waals surface area contributed by atoms with Crippen molar-refractivity contribution < 1.29 is 27.9 Å². The van der Waals surface area contributed by atoms with Crippen molar-refractivity contribution in [3.8, 4) is 5.75 Å². The molecule has 1 aromatic heterocycles. The molecule has 1 saturated heterocycles. The van der Waals surface area contributed by atoms with E-state index in [1.54, 1.807) is 29.9 Å².